The second-order valence-electron chi connectivity index (χ2n) is 3.28. The zero-order valence-electron chi connectivity index (χ0n) is 8.99. The lowest BCUT2D eigenvalue weighted by molar-refractivity contribution is -0.140. The Kier molecular flexibility index (Phi) is 6.15. The van der Waals surface area contributed by atoms with E-state index in [0.717, 1.165) is 0 Å². The van der Waals surface area contributed by atoms with Crippen molar-refractivity contribution in [3.8, 4) is 0 Å². The normalized spacial score (nSPS) is 11.1. The van der Waals surface area contributed by atoms with Gasteiger partial charge < -0.3 is 9.53 Å². The molecule has 0 aromatic carbocycles. The van der Waals surface area contributed by atoms with Crippen LogP contribution in [-0.2, 0) is 24.2 Å². The number of rotatable bonds is 7. The largest absolute Gasteiger partial charge is 0.469 e. The van der Waals surface area contributed by atoms with E-state index in [9.17, 15) is 18.0 Å². The summed E-state index contributed by atoms with van der Waals surface area (Å²) in [6.07, 6.45) is 0.454. The first-order chi connectivity index (χ1) is 6.87. The molecule has 0 N–H and O–H groups in total. The molecule has 0 radical (unpaired) electrons. The van der Waals surface area contributed by atoms with Crippen molar-refractivity contribution in [2.45, 2.75) is 26.2 Å². The zero-order valence-corrected chi connectivity index (χ0v) is 9.80. The highest BCUT2D eigenvalue weighted by Crippen LogP contribution is 2.01. The van der Waals surface area contributed by atoms with E-state index in [1.54, 1.807) is 0 Å². The highest BCUT2D eigenvalue weighted by Gasteiger charge is 2.13. The molecule has 0 saturated carbocycles. The topological polar surface area (TPSA) is 77.5 Å². The Morgan fingerprint density at radius 2 is 1.73 bits per heavy atom. The van der Waals surface area contributed by atoms with Crippen LogP contribution in [-0.4, -0.2) is 38.8 Å². The van der Waals surface area contributed by atoms with Crippen LogP contribution in [0.2, 0.25) is 0 Å². The molecule has 15 heavy (non-hydrogen) atoms. The molecular formula is C9H16O5S. The molecule has 0 aromatic heterocycles. The van der Waals surface area contributed by atoms with Gasteiger partial charge in [-0.3, -0.25) is 4.79 Å². The fourth-order valence-corrected chi connectivity index (χ4v) is 2.25. The van der Waals surface area contributed by atoms with Crippen molar-refractivity contribution in [1.29, 1.82) is 0 Å². The molecule has 0 atom stereocenters. The number of sulfone groups is 1. The maximum atomic E-state index is 11.3. The SMILES string of the molecule is COC(=O)CCS(=O)(=O)CCCC(C)=O. The van der Waals surface area contributed by atoms with E-state index in [1.807, 2.05) is 0 Å². The van der Waals surface area contributed by atoms with Gasteiger partial charge in [0.25, 0.3) is 0 Å². The third-order valence-corrected chi connectivity index (χ3v) is 3.57. The van der Waals surface area contributed by atoms with E-state index in [1.165, 1.54) is 14.0 Å². The first-order valence-electron chi connectivity index (χ1n) is 4.64. The molecule has 0 spiro atoms. The highest BCUT2D eigenvalue weighted by atomic mass is 32.2. The molecule has 0 unspecified atom stereocenters. The summed E-state index contributed by atoms with van der Waals surface area (Å²) in [5, 5.41) is 0. The molecule has 0 fully saturated rings. The molecule has 0 aliphatic rings. The molecular weight excluding hydrogens is 220 g/mol. The average molecular weight is 236 g/mol. The van der Waals surface area contributed by atoms with Crippen LogP contribution in [0, 0.1) is 0 Å². The van der Waals surface area contributed by atoms with Crippen LogP contribution in [0.4, 0.5) is 0 Å². The first-order valence-corrected chi connectivity index (χ1v) is 6.46. The summed E-state index contributed by atoms with van der Waals surface area (Å²) < 4.78 is 27.0. The van der Waals surface area contributed by atoms with Crippen LogP contribution in [0.1, 0.15) is 26.2 Å². The van der Waals surface area contributed by atoms with Crippen LogP contribution in [0.25, 0.3) is 0 Å². The van der Waals surface area contributed by atoms with Gasteiger partial charge in [0.2, 0.25) is 0 Å². The lowest BCUT2D eigenvalue weighted by Crippen LogP contribution is -2.15. The number of hydrogen-bond acceptors (Lipinski definition) is 5. The first kappa shape index (κ1) is 14.1. The number of Topliss-reactive ketones (excluding diaryl/α,β-unsaturated/α-hetero) is 1. The minimum Gasteiger partial charge on any atom is -0.469 e. The predicted molar refractivity (Wildman–Crippen MR) is 55.2 cm³/mol. The lowest BCUT2D eigenvalue weighted by atomic mass is 10.3. The van der Waals surface area contributed by atoms with Crippen LogP contribution in [0.15, 0.2) is 0 Å². The van der Waals surface area contributed by atoms with Gasteiger partial charge in [-0.1, -0.05) is 0 Å². The monoisotopic (exact) mass is 236 g/mol. The lowest BCUT2D eigenvalue weighted by Gasteiger charge is -2.02. The minimum absolute atomic E-state index is 0.0295. The maximum Gasteiger partial charge on any atom is 0.306 e. The summed E-state index contributed by atoms with van der Waals surface area (Å²) >= 11 is 0. The van der Waals surface area contributed by atoms with Crippen molar-refractivity contribution in [2.24, 2.45) is 0 Å². The summed E-state index contributed by atoms with van der Waals surface area (Å²) in [7, 11) is -2.02. The molecule has 0 aliphatic carbocycles. The number of ketones is 1. The quantitative estimate of drug-likeness (QED) is 0.595. The second kappa shape index (κ2) is 6.55. The Bertz CT molecular complexity index is 317. The summed E-state index contributed by atoms with van der Waals surface area (Å²) in [6.45, 7) is 1.42. The van der Waals surface area contributed by atoms with Gasteiger partial charge >= 0.3 is 5.97 Å². The molecule has 0 saturated heterocycles. The zero-order chi connectivity index (χ0) is 11.9. The molecule has 0 bridgehead atoms. The molecule has 0 aromatic rings. The van der Waals surface area contributed by atoms with Crippen LogP contribution in [0.5, 0.6) is 0 Å². The number of carbonyl (C=O) groups excluding carboxylic acids is 2. The number of hydrogen-bond donors (Lipinski definition) is 0. The Morgan fingerprint density at radius 1 is 1.13 bits per heavy atom. The summed E-state index contributed by atoms with van der Waals surface area (Å²) in [6, 6.07) is 0. The van der Waals surface area contributed by atoms with E-state index in [2.05, 4.69) is 4.74 Å². The smallest absolute Gasteiger partial charge is 0.306 e. The molecule has 0 rings (SSSR count). The van der Waals surface area contributed by atoms with Crippen LogP contribution in [0.3, 0.4) is 0 Å². The highest BCUT2D eigenvalue weighted by molar-refractivity contribution is 7.91. The van der Waals surface area contributed by atoms with Gasteiger partial charge in [0.05, 0.1) is 25.0 Å². The van der Waals surface area contributed by atoms with E-state index in [0.29, 0.717) is 6.42 Å². The molecule has 5 nitrogen and oxygen atoms in total. The second-order valence-corrected chi connectivity index (χ2v) is 5.59. The van der Waals surface area contributed by atoms with Gasteiger partial charge in [0.15, 0.2) is 9.84 Å². The van der Waals surface area contributed by atoms with E-state index in [-0.39, 0.29) is 30.1 Å². The van der Waals surface area contributed by atoms with Gasteiger partial charge in [-0.2, -0.15) is 0 Å². The van der Waals surface area contributed by atoms with Gasteiger partial charge in [0, 0.05) is 6.42 Å². The van der Waals surface area contributed by atoms with Crippen LogP contribution >= 0.6 is 0 Å². The molecule has 6 heteroatoms. The average Bonchev–Trinajstić information content (AvgIpc) is 2.13. The summed E-state index contributed by atoms with van der Waals surface area (Å²) in [5.41, 5.74) is 0. The Hall–Kier alpha value is -0.910. The standard InChI is InChI=1S/C9H16O5S/c1-8(10)4-3-6-15(12,13)7-5-9(11)14-2/h3-7H2,1-2H3. The van der Waals surface area contributed by atoms with Gasteiger partial charge in [0.1, 0.15) is 5.78 Å². The van der Waals surface area contributed by atoms with Crippen molar-refractivity contribution in [1.82, 2.24) is 0 Å². The fraction of sp³-hybridized carbons (Fsp3) is 0.778. The summed E-state index contributed by atoms with van der Waals surface area (Å²) in [4.78, 5) is 21.3. The van der Waals surface area contributed by atoms with Crippen molar-refractivity contribution in [2.75, 3.05) is 18.6 Å². The molecule has 0 amide bonds. The number of methoxy groups -OCH3 is 1. The van der Waals surface area contributed by atoms with Crippen molar-refractivity contribution >= 4 is 21.6 Å². The number of carbonyl (C=O) groups is 2. The third kappa shape index (κ3) is 8.11. The predicted octanol–water partition coefficient (Wildman–Crippen LogP) is 0.333. The van der Waals surface area contributed by atoms with E-state index < -0.39 is 15.8 Å². The Labute approximate surface area is 89.7 Å². The third-order valence-electron chi connectivity index (χ3n) is 1.83. The number of esters is 1. The van der Waals surface area contributed by atoms with Gasteiger partial charge in [-0.15, -0.1) is 0 Å². The van der Waals surface area contributed by atoms with Gasteiger partial charge in [-0.05, 0) is 13.3 Å². The van der Waals surface area contributed by atoms with Crippen LogP contribution < -0.4 is 0 Å². The number of ether oxygens (including phenoxy) is 1. The fourth-order valence-electron chi connectivity index (χ4n) is 0.984. The van der Waals surface area contributed by atoms with E-state index in [4.69, 9.17) is 0 Å². The van der Waals surface area contributed by atoms with E-state index >= 15 is 0 Å². The van der Waals surface area contributed by atoms with Crippen molar-refractivity contribution in [3.63, 3.8) is 0 Å². The van der Waals surface area contributed by atoms with Crippen molar-refractivity contribution in [3.05, 3.63) is 0 Å². The minimum atomic E-state index is -3.24. The Morgan fingerprint density at radius 3 is 2.20 bits per heavy atom. The molecule has 0 aliphatic heterocycles. The molecule has 0 heterocycles. The van der Waals surface area contributed by atoms with Crippen molar-refractivity contribution < 1.29 is 22.7 Å². The Balaban J connectivity index is 3.87. The molecule has 88 valence electrons. The summed E-state index contributed by atoms with van der Waals surface area (Å²) in [5.74, 6) is -0.829. The van der Waals surface area contributed by atoms with Gasteiger partial charge in [-0.25, -0.2) is 8.42 Å². The maximum absolute atomic E-state index is 11.3.